The third-order valence-corrected chi connectivity index (χ3v) is 12.0. The number of hydrogen-bond donors (Lipinski definition) is 1. The smallest absolute Gasteiger partial charge is 0.334 e. The molecule has 0 saturated heterocycles. The predicted octanol–water partition coefficient (Wildman–Crippen LogP) is 3.34. The normalized spacial score (nSPS) is 14.1. The van der Waals surface area contributed by atoms with E-state index in [1.807, 2.05) is 0 Å². The average molecular weight is 278 g/mol. The fourth-order valence-electron chi connectivity index (χ4n) is 1.36. The standard InChI is InChI=1S/C12H31NO2Si2/c1-12(2,3)16(6,7)13-10-9-11-17(8,14-4)15-5/h13H,9-11H2,1-8H3. The lowest BCUT2D eigenvalue weighted by Crippen LogP contribution is -2.52. The van der Waals surface area contributed by atoms with Gasteiger partial charge in [-0.3, -0.25) is 0 Å². The molecule has 0 saturated carbocycles. The maximum Gasteiger partial charge on any atom is 0.334 e. The van der Waals surface area contributed by atoms with Crippen LogP contribution in [-0.2, 0) is 8.85 Å². The largest absolute Gasteiger partial charge is 0.398 e. The van der Waals surface area contributed by atoms with Crippen molar-refractivity contribution in [3.8, 4) is 0 Å². The highest BCUT2D eigenvalue weighted by molar-refractivity contribution is 6.77. The van der Waals surface area contributed by atoms with Crippen LogP contribution in [0, 0.1) is 0 Å². The molecule has 0 aliphatic carbocycles. The van der Waals surface area contributed by atoms with Crippen LogP contribution in [0.25, 0.3) is 0 Å². The molecule has 0 rings (SSSR count). The van der Waals surface area contributed by atoms with E-state index in [1.165, 1.54) is 0 Å². The molecular formula is C12H31NO2Si2. The number of rotatable bonds is 7. The van der Waals surface area contributed by atoms with Crippen molar-refractivity contribution >= 4 is 16.8 Å². The molecule has 3 nitrogen and oxygen atoms in total. The van der Waals surface area contributed by atoms with Crippen LogP contribution in [0.4, 0.5) is 0 Å². The van der Waals surface area contributed by atoms with Crippen LogP contribution in [0.5, 0.6) is 0 Å². The van der Waals surface area contributed by atoms with Crippen LogP contribution in [-0.4, -0.2) is 37.6 Å². The lowest BCUT2D eigenvalue weighted by atomic mass is 10.2. The molecule has 0 aromatic carbocycles. The van der Waals surface area contributed by atoms with Gasteiger partial charge in [0.25, 0.3) is 0 Å². The van der Waals surface area contributed by atoms with Gasteiger partial charge in [-0.25, -0.2) is 0 Å². The summed E-state index contributed by atoms with van der Waals surface area (Å²) in [6.07, 6.45) is 1.14. The quantitative estimate of drug-likeness (QED) is 0.572. The molecule has 0 spiro atoms. The summed E-state index contributed by atoms with van der Waals surface area (Å²) in [7, 11) is 0.320. The molecule has 1 N–H and O–H groups in total. The maximum atomic E-state index is 5.49. The maximum absolute atomic E-state index is 5.49. The van der Waals surface area contributed by atoms with E-state index >= 15 is 0 Å². The van der Waals surface area contributed by atoms with Crippen molar-refractivity contribution in [3.63, 3.8) is 0 Å². The Morgan fingerprint density at radius 1 is 1.00 bits per heavy atom. The van der Waals surface area contributed by atoms with Crippen molar-refractivity contribution in [2.45, 2.75) is 57.9 Å². The van der Waals surface area contributed by atoms with Crippen molar-refractivity contribution in [1.82, 2.24) is 4.98 Å². The van der Waals surface area contributed by atoms with Crippen LogP contribution in [0.2, 0.25) is 30.7 Å². The Bertz CT molecular complexity index is 223. The molecule has 5 heteroatoms. The molecule has 0 amide bonds. The zero-order valence-corrected chi connectivity index (χ0v) is 14.9. The molecular weight excluding hydrogens is 246 g/mol. The molecule has 0 radical (unpaired) electrons. The summed E-state index contributed by atoms with van der Waals surface area (Å²) in [5.74, 6) is 0. The summed E-state index contributed by atoms with van der Waals surface area (Å²) in [6, 6.07) is 1.06. The summed E-state index contributed by atoms with van der Waals surface area (Å²) < 4.78 is 11.0. The van der Waals surface area contributed by atoms with Crippen LogP contribution < -0.4 is 4.98 Å². The van der Waals surface area contributed by atoms with Crippen LogP contribution in [0.1, 0.15) is 27.2 Å². The minimum Gasteiger partial charge on any atom is -0.398 e. The lowest BCUT2D eigenvalue weighted by molar-refractivity contribution is 0.248. The van der Waals surface area contributed by atoms with E-state index in [4.69, 9.17) is 8.85 Å². The summed E-state index contributed by atoms with van der Waals surface area (Å²) in [6.45, 7) is 15.0. The molecule has 0 aliphatic rings. The van der Waals surface area contributed by atoms with Crippen molar-refractivity contribution in [2.24, 2.45) is 0 Å². The zero-order valence-electron chi connectivity index (χ0n) is 12.9. The minimum atomic E-state index is -1.86. The minimum absolute atomic E-state index is 0.399. The first-order valence-corrected chi connectivity index (χ1v) is 12.0. The highest BCUT2D eigenvalue weighted by Gasteiger charge is 2.35. The molecule has 0 aromatic rings. The van der Waals surface area contributed by atoms with E-state index in [2.05, 4.69) is 45.4 Å². The number of nitrogens with one attached hydrogen (secondary N) is 1. The summed E-state index contributed by atoms with van der Waals surface area (Å²) in [5.41, 5.74) is 0. The molecule has 0 heterocycles. The topological polar surface area (TPSA) is 30.5 Å². The van der Waals surface area contributed by atoms with E-state index in [0.29, 0.717) is 5.04 Å². The van der Waals surface area contributed by atoms with Crippen LogP contribution in [0.15, 0.2) is 0 Å². The van der Waals surface area contributed by atoms with E-state index in [9.17, 15) is 0 Å². The van der Waals surface area contributed by atoms with Gasteiger partial charge in [-0.2, -0.15) is 0 Å². The Morgan fingerprint density at radius 3 is 1.82 bits per heavy atom. The first-order valence-electron chi connectivity index (χ1n) is 6.43. The van der Waals surface area contributed by atoms with Crippen molar-refractivity contribution in [2.75, 3.05) is 20.8 Å². The Hall–Kier alpha value is 0.314. The second-order valence-corrected chi connectivity index (χ2v) is 15.1. The first-order chi connectivity index (χ1) is 7.58. The van der Waals surface area contributed by atoms with Crippen molar-refractivity contribution in [3.05, 3.63) is 0 Å². The van der Waals surface area contributed by atoms with E-state index < -0.39 is 16.8 Å². The second-order valence-electron chi connectivity index (χ2n) is 6.45. The fraction of sp³-hybridized carbons (Fsp3) is 1.00. The molecule has 17 heavy (non-hydrogen) atoms. The van der Waals surface area contributed by atoms with Gasteiger partial charge < -0.3 is 13.8 Å². The lowest BCUT2D eigenvalue weighted by Gasteiger charge is -2.37. The molecule has 0 unspecified atom stereocenters. The van der Waals surface area contributed by atoms with Crippen LogP contribution in [0.3, 0.4) is 0 Å². The molecule has 0 aliphatic heterocycles. The highest BCUT2D eigenvalue weighted by atomic mass is 28.4. The molecule has 0 fully saturated rings. The molecule has 0 bridgehead atoms. The van der Waals surface area contributed by atoms with Gasteiger partial charge in [-0.05, 0) is 30.6 Å². The molecule has 0 atom stereocenters. The Balaban J connectivity index is 4.01. The Kier molecular flexibility index (Phi) is 6.59. The average Bonchev–Trinajstić information content (AvgIpc) is 2.22. The SMILES string of the molecule is CO[Si](C)(CCCN[Si](C)(C)C(C)(C)C)OC. The molecule has 0 aromatic heterocycles. The summed E-state index contributed by atoms with van der Waals surface area (Å²) in [4.78, 5) is 3.77. The molecule has 104 valence electrons. The van der Waals surface area contributed by atoms with Gasteiger partial charge in [-0.1, -0.05) is 33.9 Å². The fourth-order valence-corrected chi connectivity index (χ4v) is 4.09. The van der Waals surface area contributed by atoms with Gasteiger partial charge in [0, 0.05) is 14.2 Å². The van der Waals surface area contributed by atoms with Gasteiger partial charge in [0.2, 0.25) is 0 Å². The third-order valence-electron chi connectivity index (χ3n) is 4.11. The second kappa shape index (κ2) is 6.47. The highest BCUT2D eigenvalue weighted by Crippen LogP contribution is 2.33. The monoisotopic (exact) mass is 277 g/mol. The first kappa shape index (κ1) is 17.3. The number of hydrogen-bond acceptors (Lipinski definition) is 3. The third kappa shape index (κ3) is 5.65. The predicted molar refractivity (Wildman–Crippen MR) is 80.3 cm³/mol. The summed E-state index contributed by atoms with van der Waals surface area (Å²) >= 11 is 0. The Morgan fingerprint density at radius 2 is 1.47 bits per heavy atom. The van der Waals surface area contributed by atoms with E-state index in [1.54, 1.807) is 14.2 Å². The van der Waals surface area contributed by atoms with Crippen LogP contribution >= 0.6 is 0 Å². The van der Waals surface area contributed by atoms with Gasteiger partial charge in [0.05, 0.1) is 0 Å². The van der Waals surface area contributed by atoms with Crippen molar-refractivity contribution in [1.29, 1.82) is 0 Å². The van der Waals surface area contributed by atoms with Gasteiger partial charge in [0.15, 0.2) is 0 Å². The zero-order chi connectivity index (χ0) is 13.7. The van der Waals surface area contributed by atoms with Gasteiger partial charge >= 0.3 is 8.56 Å². The van der Waals surface area contributed by atoms with Gasteiger partial charge in [-0.15, -0.1) is 0 Å². The Labute approximate surface area is 110 Å². The van der Waals surface area contributed by atoms with Crippen molar-refractivity contribution < 1.29 is 8.85 Å². The van der Waals surface area contributed by atoms with Gasteiger partial charge in [0.1, 0.15) is 8.24 Å². The van der Waals surface area contributed by atoms with E-state index in [-0.39, 0.29) is 0 Å². The van der Waals surface area contributed by atoms with E-state index in [0.717, 1.165) is 19.0 Å². The summed E-state index contributed by atoms with van der Waals surface area (Å²) in [5, 5.41) is 0.399.